The first kappa shape index (κ1) is 15.7. The fourth-order valence-corrected chi connectivity index (χ4v) is 3.08. The molecule has 2 aromatic heterocycles. The summed E-state index contributed by atoms with van der Waals surface area (Å²) in [6.45, 7) is 0. The SMILES string of the molecule is N#Cc1cnc(NS(=O)(=O)c2c[nH]c(-c3ccccc3)c2)c(F)c1. The molecule has 0 atom stereocenters. The van der Waals surface area contributed by atoms with Crippen LogP contribution in [-0.4, -0.2) is 18.4 Å². The second-order valence-electron chi connectivity index (χ2n) is 4.89. The van der Waals surface area contributed by atoms with Crippen LogP contribution in [-0.2, 0) is 10.0 Å². The number of nitrogens with one attached hydrogen (secondary N) is 2. The molecule has 0 spiro atoms. The van der Waals surface area contributed by atoms with E-state index >= 15 is 0 Å². The van der Waals surface area contributed by atoms with Crippen LogP contribution in [0.25, 0.3) is 11.3 Å². The van der Waals surface area contributed by atoms with Gasteiger partial charge >= 0.3 is 0 Å². The Balaban J connectivity index is 1.89. The average Bonchev–Trinajstić information content (AvgIpc) is 3.08. The topological polar surface area (TPSA) is 98.6 Å². The van der Waals surface area contributed by atoms with E-state index in [4.69, 9.17) is 5.26 Å². The van der Waals surface area contributed by atoms with Crippen LogP contribution >= 0.6 is 0 Å². The van der Waals surface area contributed by atoms with Crippen LogP contribution in [0, 0.1) is 17.1 Å². The lowest BCUT2D eigenvalue weighted by atomic mass is 10.2. The summed E-state index contributed by atoms with van der Waals surface area (Å²) in [6.07, 6.45) is 2.40. The zero-order valence-corrected chi connectivity index (χ0v) is 13.0. The van der Waals surface area contributed by atoms with Gasteiger partial charge in [-0.15, -0.1) is 0 Å². The molecule has 1 aromatic carbocycles. The van der Waals surface area contributed by atoms with Gasteiger partial charge in [0.15, 0.2) is 11.6 Å². The molecular formula is C16H11FN4O2S. The molecule has 3 aromatic rings. The first-order valence-electron chi connectivity index (χ1n) is 6.82. The molecule has 2 N–H and O–H groups in total. The summed E-state index contributed by atoms with van der Waals surface area (Å²) in [7, 11) is -4.01. The van der Waals surface area contributed by atoms with Gasteiger partial charge in [0.1, 0.15) is 11.0 Å². The number of rotatable bonds is 4. The third kappa shape index (κ3) is 3.11. The summed E-state index contributed by atoms with van der Waals surface area (Å²) in [5.41, 5.74) is 1.44. The molecule has 0 radical (unpaired) electrons. The van der Waals surface area contributed by atoms with Gasteiger partial charge in [-0.3, -0.25) is 4.72 Å². The number of sulfonamides is 1. The van der Waals surface area contributed by atoms with E-state index in [1.54, 1.807) is 6.07 Å². The van der Waals surface area contributed by atoms with Crippen LogP contribution in [0.5, 0.6) is 0 Å². The minimum absolute atomic E-state index is 0.00320. The Labute approximate surface area is 137 Å². The number of pyridine rings is 1. The minimum atomic E-state index is -4.01. The van der Waals surface area contributed by atoms with Gasteiger partial charge in [0.25, 0.3) is 10.0 Å². The normalized spacial score (nSPS) is 11.0. The predicted octanol–water partition coefficient (Wildman–Crippen LogP) is 2.89. The summed E-state index contributed by atoms with van der Waals surface area (Å²) >= 11 is 0. The maximum atomic E-state index is 13.8. The molecular weight excluding hydrogens is 331 g/mol. The molecule has 2 heterocycles. The van der Waals surface area contributed by atoms with Crippen molar-refractivity contribution in [3.63, 3.8) is 0 Å². The van der Waals surface area contributed by atoms with E-state index in [1.165, 1.54) is 12.3 Å². The molecule has 0 amide bonds. The lowest BCUT2D eigenvalue weighted by Crippen LogP contribution is -2.14. The van der Waals surface area contributed by atoms with Gasteiger partial charge in [-0.25, -0.2) is 17.8 Å². The van der Waals surface area contributed by atoms with Crippen molar-refractivity contribution < 1.29 is 12.8 Å². The Morgan fingerprint density at radius 3 is 2.62 bits per heavy atom. The predicted molar refractivity (Wildman–Crippen MR) is 85.9 cm³/mol. The molecule has 0 saturated carbocycles. The highest BCUT2D eigenvalue weighted by atomic mass is 32.2. The largest absolute Gasteiger partial charge is 0.360 e. The van der Waals surface area contributed by atoms with Crippen molar-refractivity contribution in [1.82, 2.24) is 9.97 Å². The first-order valence-corrected chi connectivity index (χ1v) is 8.30. The Morgan fingerprint density at radius 1 is 1.21 bits per heavy atom. The molecule has 0 unspecified atom stereocenters. The van der Waals surface area contributed by atoms with Gasteiger partial charge in [0.2, 0.25) is 0 Å². The van der Waals surface area contributed by atoms with E-state index in [0.29, 0.717) is 5.69 Å². The molecule has 3 rings (SSSR count). The monoisotopic (exact) mass is 342 g/mol. The fourth-order valence-electron chi connectivity index (χ4n) is 2.07. The Morgan fingerprint density at radius 2 is 1.96 bits per heavy atom. The number of hydrogen-bond acceptors (Lipinski definition) is 4. The summed E-state index contributed by atoms with van der Waals surface area (Å²) in [5, 5.41) is 8.68. The third-order valence-electron chi connectivity index (χ3n) is 3.25. The van der Waals surface area contributed by atoms with E-state index in [0.717, 1.165) is 17.8 Å². The van der Waals surface area contributed by atoms with E-state index < -0.39 is 21.7 Å². The Hall–Kier alpha value is -3.18. The molecule has 0 aliphatic carbocycles. The summed E-state index contributed by atoms with van der Waals surface area (Å²) in [4.78, 5) is 6.45. The van der Waals surface area contributed by atoms with E-state index in [-0.39, 0.29) is 10.5 Å². The van der Waals surface area contributed by atoms with Crippen LogP contribution < -0.4 is 4.72 Å². The van der Waals surface area contributed by atoms with Crippen molar-refractivity contribution >= 4 is 15.8 Å². The van der Waals surface area contributed by atoms with Gasteiger partial charge in [0.05, 0.1) is 5.56 Å². The number of aromatic amines is 1. The molecule has 0 bridgehead atoms. The number of benzene rings is 1. The molecule has 0 saturated heterocycles. The van der Waals surface area contributed by atoms with Crippen LogP contribution in [0.1, 0.15) is 5.56 Å². The lowest BCUT2D eigenvalue weighted by molar-refractivity contribution is 0.597. The molecule has 0 aliphatic rings. The maximum Gasteiger partial charge on any atom is 0.264 e. The van der Waals surface area contributed by atoms with Crippen molar-refractivity contribution in [3.8, 4) is 17.3 Å². The fraction of sp³-hybridized carbons (Fsp3) is 0. The van der Waals surface area contributed by atoms with Crippen molar-refractivity contribution in [2.45, 2.75) is 4.90 Å². The van der Waals surface area contributed by atoms with Crippen molar-refractivity contribution in [2.24, 2.45) is 0 Å². The number of anilines is 1. The van der Waals surface area contributed by atoms with Crippen LogP contribution in [0.15, 0.2) is 59.8 Å². The van der Waals surface area contributed by atoms with E-state index in [9.17, 15) is 12.8 Å². The summed E-state index contributed by atoms with van der Waals surface area (Å²) in [6, 6.07) is 13.3. The van der Waals surface area contributed by atoms with Crippen molar-refractivity contribution in [3.05, 3.63) is 66.2 Å². The smallest absolute Gasteiger partial charge is 0.264 e. The van der Waals surface area contributed by atoms with Gasteiger partial charge in [0, 0.05) is 18.1 Å². The van der Waals surface area contributed by atoms with Gasteiger partial charge in [-0.2, -0.15) is 5.26 Å². The lowest BCUT2D eigenvalue weighted by Gasteiger charge is -2.06. The van der Waals surface area contributed by atoms with Gasteiger partial charge < -0.3 is 4.98 Å². The van der Waals surface area contributed by atoms with Crippen molar-refractivity contribution in [1.29, 1.82) is 5.26 Å². The molecule has 8 heteroatoms. The Bertz CT molecular complexity index is 1020. The number of halogens is 1. The average molecular weight is 342 g/mol. The summed E-state index contributed by atoms with van der Waals surface area (Å²) in [5.74, 6) is -1.38. The summed E-state index contributed by atoms with van der Waals surface area (Å²) < 4.78 is 40.6. The zero-order chi connectivity index (χ0) is 17.2. The maximum absolute atomic E-state index is 13.8. The standard InChI is InChI=1S/C16H11FN4O2S/c17-14-6-11(8-18)9-20-16(14)21-24(22,23)13-7-15(19-10-13)12-4-2-1-3-5-12/h1-7,9-10,19H,(H,20,21). The van der Waals surface area contributed by atoms with Crippen LogP contribution in [0.3, 0.4) is 0 Å². The molecule has 24 heavy (non-hydrogen) atoms. The first-order chi connectivity index (χ1) is 11.5. The number of hydrogen-bond donors (Lipinski definition) is 2. The molecule has 0 fully saturated rings. The number of nitrogens with zero attached hydrogens (tertiary/aromatic N) is 2. The quantitative estimate of drug-likeness (QED) is 0.761. The highest BCUT2D eigenvalue weighted by Crippen LogP contribution is 2.23. The molecule has 6 nitrogen and oxygen atoms in total. The zero-order valence-electron chi connectivity index (χ0n) is 12.2. The highest BCUT2D eigenvalue weighted by Gasteiger charge is 2.19. The van der Waals surface area contributed by atoms with Gasteiger partial charge in [-0.05, 0) is 17.7 Å². The second-order valence-corrected chi connectivity index (χ2v) is 6.57. The van der Waals surface area contributed by atoms with Crippen LogP contribution in [0.2, 0.25) is 0 Å². The molecule has 120 valence electrons. The number of aromatic nitrogens is 2. The number of nitriles is 1. The highest BCUT2D eigenvalue weighted by molar-refractivity contribution is 7.92. The minimum Gasteiger partial charge on any atom is -0.360 e. The van der Waals surface area contributed by atoms with E-state index in [1.807, 2.05) is 30.3 Å². The number of H-pyrrole nitrogens is 1. The van der Waals surface area contributed by atoms with Gasteiger partial charge in [-0.1, -0.05) is 30.3 Å². The third-order valence-corrected chi connectivity index (χ3v) is 4.57. The Kier molecular flexibility index (Phi) is 4.02. The van der Waals surface area contributed by atoms with E-state index in [2.05, 4.69) is 14.7 Å². The van der Waals surface area contributed by atoms with Crippen molar-refractivity contribution in [2.75, 3.05) is 4.72 Å². The van der Waals surface area contributed by atoms with Crippen LogP contribution in [0.4, 0.5) is 10.2 Å². The second kappa shape index (κ2) is 6.14. The molecule has 0 aliphatic heterocycles.